The lowest BCUT2D eigenvalue weighted by molar-refractivity contribution is 0.102. The first kappa shape index (κ1) is 13.9. The van der Waals surface area contributed by atoms with E-state index in [1.807, 2.05) is 31.2 Å². The lowest BCUT2D eigenvalue weighted by Crippen LogP contribution is -2.14. The minimum absolute atomic E-state index is 0.148. The molecule has 0 atom stereocenters. The molecule has 0 saturated heterocycles. The zero-order chi connectivity index (χ0) is 14.5. The van der Waals surface area contributed by atoms with Crippen LogP contribution in [-0.4, -0.2) is 13.0 Å². The van der Waals surface area contributed by atoms with E-state index in [2.05, 4.69) is 5.32 Å². The van der Waals surface area contributed by atoms with Crippen LogP contribution in [0.15, 0.2) is 42.5 Å². The van der Waals surface area contributed by atoms with Crippen LogP contribution >= 0.6 is 0 Å². The van der Waals surface area contributed by atoms with Crippen molar-refractivity contribution in [2.24, 2.45) is 0 Å². The van der Waals surface area contributed by atoms with Crippen LogP contribution in [0, 0.1) is 0 Å². The molecule has 104 valence electrons. The standard InChI is InChI=1S/C16H18N2O2/c1-3-11-6-4-5-7-13(11)16(19)18-14-9-8-12(17)10-15(14)20-2/h4-10H,3,17H2,1-2H3,(H,18,19). The van der Waals surface area contributed by atoms with E-state index in [0.717, 1.165) is 12.0 Å². The number of carbonyl (C=O) groups excluding carboxylic acids is 1. The van der Waals surface area contributed by atoms with E-state index in [4.69, 9.17) is 10.5 Å². The second kappa shape index (κ2) is 6.10. The Morgan fingerprint density at radius 1 is 1.25 bits per heavy atom. The highest BCUT2D eigenvalue weighted by Gasteiger charge is 2.12. The number of carbonyl (C=O) groups is 1. The largest absolute Gasteiger partial charge is 0.494 e. The number of hydrogen-bond acceptors (Lipinski definition) is 3. The van der Waals surface area contributed by atoms with Crippen molar-refractivity contribution in [2.45, 2.75) is 13.3 Å². The Morgan fingerprint density at radius 2 is 2.00 bits per heavy atom. The van der Waals surface area contributed by atoms with Gasteiger partial charge in [-0.15, -0.1) is 0 Å². The molecule has 2 aromatic carbocycles. The first-order chi connectivity index (χ1) is 9.65. The fourth-order valence-corrected chi connectivity index (χ4v) is 2.05. The van der Waals surface area contributed by atoms with E-state index in [1.165, 1.54) is 0 Å². The van der Waals surface area contributed by atoms with Crippen LogP contribution in [0.25, 0.3) is 0 Å². The van der Waals surface area contributed by atoms with Crippen LogP contribution in [0.1, 0.15) is 22.8 Å². The summed E-state index contributed by atoms with van der Waals surface area (Å²) in [7, 11) is 1.55. The summed E-state index contributed by atoms with van der Waals surface area (Å²) in [6.45, 7) is 2.02. The molecule has 0 heterocycles. The molecule has 2 rings (SSSR count). The van der Waals surface area contributed by atoms with Gasteiger partial charge in [-0.2, -0.15) is 0 Å². The molecule has 0 radical (unpaired) electrons. The van der Waals surface area contributed by atoms with Gasteiger partial charge in [-0.3, -0.25) is 4.79 Å². The third-order valence-electron chi connectivity index (χ3n) is 3.12. The summed E-state index contributed by atoms with van der Waals surface area (Å²) in [5.41, 5.74) is 8.59. The molecule has 0 aliphatic heterocycles. The Bertz CT molecular complexity index is 624. The molecule has 0 aliphatic carbocycles. The normalized spacial score (nSPS) is 10.1. The third kappa shape index (κ3) is 2.91. The van der Waals surface area contributed by atoms with Crippen molar-refractivity contribution in [3.63, 3.8) is 0 Å². The summed E-state index contributed by atoms with van der Waals surface area (Å²) in [4.78, 5) is 12.3. The summed E-state index contributed by atoms with van der Waals surface area (Å²) < 4.78 is 5.22. The van der Waals surface area contributed by atoms with Crippen LogP contribution in [0.5, 0.6) is 5.75 Å². The number of aryl methyl sites for hydroxylation is 1. The number of nitrogens with two attached hydrogens (primary N) is 1. The maximum Gasteiger partial charge on any atom is 0.256 e. The molecule has 0 unspecified atom stereocenters. The van der Waals surface area contributed by atoms with Gasteiger partial charge in [0.25, 0.3) is 5.91 Å². The molecule has 1 amide bonds. The van der Waals surface area contributed by atoms with Gasteiger partial charge in [-0.25, -0.2) is 0 Å². The molecule has 0 saturated carbocycles. The Morgan fingerprint density at radius 3 is 2.70 bits per heavy atom. The minimum atomic E-state index is -0.148. The van der Waals surface area contributed by atoms with Crippen molar-refractivity contribution in [1.29, 1.82) is 0 Å². The second-order valence-corrected chi connectivity index (χ2v) is 4.42. The van der Waals surface area contributed by atoms with Gasteiger partial charge in [0.2, 0.25) is 0 Å². The molecule has 3 N–H and O–H groups in total. The number of ether oxygens (including phenoxy) is 1. The number of hydrogen-bond donors (Lipinski definition) is 2. The SMILES string of the molecule is CCc1ccccc1C(=O)Nc1ccc(N)cc1OC. The van der Waals surface area contributed by atoms with Crippen LogP contribution in [0.3, 0.4) is 0 Å². The number of nitrogen functional groups attached to an aromatic ring is 1. The fourth-order valence-electron chi connectivity index (χ4n) is 2.05. The summed E-state index contributed by atoms with van der Waals surface area (Å²) in [6, 6.07) is 12.7. The van der Waals surface area contributed by atoms with Crippen molar-refractivity contribution in [3.05, 3.63) is 53.6 Å². The molecule has 4 nitrogen and oxygen atoms in total. The van der Waals surface area contributed by atoms with Gasteiger partial charge in [0.15, 0.2) is 0 Å². The number of methoxy groups -OCH3 is 1. The van der Waals surface area contributed by atoms with E-state index in [9.17, 15) is 4.79 Å². The molecule has 0 spiro atoms. The van der Waals surface area contributed by atoms with E-state index >= 15 is 0 Å². The number of anilines is 2. The Balaban J connectivity index is 2.28. The number of amides is 1. The molecule has 4 heteroatoms. The van der Waals surface area contributed by atoms with Crippen molar-refractivity contribution in [2.75, 3.05) is 18.2 Å². The molecular formula is C16H18N2O2. The lowest BCUT2D eigenvalue weighted by atomic mass is 10.0. The van der Waals surface area contributed by atoms with Crippen LogP contribution < -0.4 is 15.8 Å². The average molecular weight is 270 g/mol. The Kier molecular flexibility index (Phi) is 4.25. The van der Waals surface area contributed by atoms with Gasteiger partial charge in [0.1, 0.15) is 5.75 Å². The fraction of sp³-hybridized carbons (Fsp3) is 0.188. The number of benzene rings is 2. The maximum absolute atomic E-state index is 12.3. The summed E-state index contributed by atoms with van der Waals surface area (Å²) in [5.74, 6) is 0.401. The van der Waals surface area contributed by atoms with Crippen molar-refractivity contribution >= 4 is 17.3 Å². The van der Waals surface area contributed by atoms with Gasteiger partial charge in [0.05, 0.1) is 12.8 Å². The van der Waals surface area contributed by atoms with E-state index in [0.29, 0.717) is 22.7 Å². The highest BCUT2D eigenvalue weighted by atomic mass is 16.5. The van der Waals surface area contributed by atoms with E-state index < -0.39 is 0 Å². The van der Waals surface area contributed by atoms with Crippen molar-refractivity contribution in [3.8, 4) is 5.75 Å². The van der Waals surface area contributed by atoms with E-state index in [1.54, 1.807) is 25.3 Å². The smallest absolute Gasteiger partial charge is 0.256 e. The molecule has 2 aromatic rings. The first-order valence-electron chi connectivity index (χ1n) is 6.48. The van der Waals surface area contributed by atoms with Crippen LogP contribution in [0.2, 0.25) is 0 Å². The zero-order valence-corrected chi connectivity index (χ0v) is 11.6. The van der Waals surface area contributed by atoms with Gasteiger partial charge in [-0.05, 0) is 30.2 Å². The van der Waals surface area contributed by atoms with Crippen molar-refractivity contribution < 1.29 is 9.53 Å². The molecule has 0 bridgehead atoms. The van der Waals surface area contributed by atoms with Gasteiger partial charge < -0.3 is 15.8 Å². The molecule has 0 fully saturated rings. The van der Waals surface area contributed by atoms with Gasteiger partial charge >= 0.3 is 0 Å². The molecular weight excluding hydrogens is 252 g/mol. The quantitative estimate of drug-likeness (QED) is 0.839. The molecule has 0 aliphatic rings. The van der Waals surface area contributed by atoms with Gasteiger partial charge in [-0.1, -0.05) is 25.1 Å². The summed E-state index contributed by atoms with van der Waals surface area (Å²) >= 11 is 0. The monoisotopic (exact) mass is 270 g/mol. The lowest BCUT2D eigenvalue weighted by Gasteiger charge is -2.12. The zero-order valence-electron chi connectivity index (χ0n) is 11.6. The van der Waals surface area contributed by atoms with Crippen LogP contribution in [-0.2, 0) is 6.42 Å². The number of rotatable bonds is 4. The molecule has 0 aromatic heterocycles. The highest BCUT2D eigenvalue weighted by molar-refractivity contribution is 6.06. The predicted molar refractivity (Wildman–Crippen MR) is 81.2 cm³/mol. The third-order valence-corrected chi connectivity index (χ3v) is 3.12. The maximum atomic E-state index is 12.3. The first-order valence-corrected chi connectivity index (χ1v) is 6.48. The van der Waals surface area contributed by atoms with Gasteiger partial charge in [0, 0.05) is 17.3 Å². The van der Waals surface area contributed by atoms with Crippen molar-refractivity contribution in [1.82, 2.24) is 0 Å². The average Bonchev–Trinajstić information content (AvgIpc) is 2.48. The summed E-state index contributed by atoms with van der Waals surface area (Å²) in [5, 5.41) is 2.86. The Hall–Kier alpha value is -2.49. The predicted octanol–water partition coefficient (Wildman–Crippen LogP) is 3.09. The summed E-state index contributed by atoms with van der Waals surface area (Å²) in [6.07, 6.45) is 0.808. The topological polar surface area (TPSA) is 64.4 Å². The second-order valence-electron chi connectivity index (χ2n) is 4.42. The Labute approximate surface area is 118 Å². The molecule has 20 heavy (non-hydrogen) atoms. The highest BCUT2D eigenvalue weighted by Crippen LogP contribution is 2.27. The number of nitrogens with one attached hydrogen (secondary N) is 1. The van der Waals surface area contributed by atoms with Crippen LogP contribution in [0.4, 0.5) is 11.4 Å². The van der Waals surface area contributed by atoms with E-state index in [-0.39, 0.29) is 5.91 Å². The minimum Gasteiger partial charge on any atom is -0.494 e.